The van der Waals surface area contributed by atoms with Crippen molar-refractivity contribution in [1.29, 1.82) is 0 Å². The van der Waals surface area contributed by atoms with Crippen LogP contribution in [0, 0.1) is 56.7 Å². The molecular weight excluding hydrogens is 476 g/mol. The van der Waals surface area contributed by atoms with Crippen LogP contribution in [0.2, 0.25) is 0 Å². The van der Waals surface area contributed by atoms with Crippen LogP contribution in [-0.4, -0.2) is 46.7 Å². The zero-order valence-electron chi connectivity index (χ0n) is 24.9. The predicted octanol–water partition coefficient (Wildman–Crippen LogP) is 6.47. The molecule has 0 amide bonds. The Balaban J connectivity index is 1.52. The van der Waals surface area contributed by atoms with Crippen LogP contribution in [0.5, 0.6) is 0 Å². The minimum Gasteiger partial charge on any atom is -0.481 e. The van der Waals surface area contributed by atoms with Crippen molar-refractivity contribution in [1.82, 2.24) is 0 Å². The monoisotopic (exact) mass is 530 g/mol. The summed E-state index contributed by atoms with van der Waals surface area (Å²) in [5.41, 5.74) is 0.294. The molecule has 0 aliphatic heterocycles. The third-order valence-corrected chi connectivity index (χ3v) is 14.1. The van der Waals surface area contributed by atoms with Gasteiger partial charge in [0.25, 0.3) is 0 Å². The van der Waals surface area contributed by atoms with Crippen molar-refractivity contribution in [3.05, 3.63) is 12.2 Å². The van der Waals surface area contributed by atoms with E-state index in [-0.39, 0.29) is 40.8 Å². The number of aliphatic hydroxyl groups excluding tert-OH is 2. The van der Waals surface area contributed by atoms with Crippen LogP contribution in [-0.2, 0) is 9.53 Å². The molecule has 38 heavy (non-hydrogen) atoms. The average molecular weight is 531 g/mol. The Morgan fingerprint density at radius 1 is 0.921 bits per heavy atom. The van der Waals surface area contributed by atoms with Crippen LogP contribution in [0.3, 0.4) is 0 Å². The lowest BCUT2D eigenvalue weighted by Crippen LogP contribution is -2.67. The summed E-state index contributed by atoms with van der Waals surface area (Å²) in [6.45, 7) is 18.8. The number of aliphatic hydroxyl groups is 2. The SMILES string of the molecule is C=C(COC(C)C)[C@@H]1CC[C@]2(C(=O)O)CC[C@]3(C)C(CC[C@@H]4[C@@]5(C)CC[C@H](O)[C@@](C)(CO)[C@@H]5CC[C@]43C)[C@@H]12. The number of ether oxygens (including phenoxy) is 1. The van der Waals surface area contributed by atoms with Crippen molar-refractivity contribution in [2.45, 2.75) is 118 Å². The van der Waals surface area contributed by atoms with Crippen molar-refractivity contribution in [3.8, 4) is 0 Å². The molecule has 0 aromatic heterocycles. The van der Waals surface area contributed by atoms with Gasteiger partial charge in [0.1, 0.15) is 0 Å². The molecule has 0 aromatic carbocycles. The lowest BCUT2D eigenvalue weighted by molar-refractivity contribution is -0.254. The molecule has 5 fully saturated rings. The van der Waals surface area contributed by atoms with E-state index in [0.717, 1.165) is 69.8 Å². The Kier molecular flexibility index (Phi) is 7.01. The van der Waals surface area contributed by atoms with Crippen LogP contribution in [0.15, 0.2) is 12.2 Å². The van der Waals surface area contributed by atoms with E-state index in [4.69, 9.17) is 4.74 Å². The minimum absolute atomic E-state index is 0.0448. The number of rotatable bonds is 6. The second-order valence-electron chi connectivity index (χ2n) is 15.5. The lowest BCUT2D eigenvalue weighted by atomic mass is 9.32. The Morgan fingerprint density at radius 2 is 1.63 bits per heavy atom. The highest BCUT2D eigenvalue weighted by molar-refractivity contribution is 5.76. The fourth-order valence-electron chi connectivity index (χ4n) is 11.8. The van der Waals surface area contributed by atoms with E-state index in [1.54, 1.807) is 0 Å². The summed E-state index contributed by atoms with van der Waals surface area (Å²) in [6, 6.07) is 0. The van der Waals surface area contributed by atoms with E-state index in [0.29, 0.717) is 24.4 Å². The number of hydrogen-bond acceptors (Lipinski definition) is 4. The molecule has 5 aliphatic carbocycles. The lowest BCUT2D eigenvalue weighted by Gasteiger charge is -2.72. The molecule has 5 heteroatoms. The molecule has 5 saturated carbocycles. The van der Waals surface area contributed by atoms with Crippen LogP contribution >= 0.6 is 0 Å². The standard InChI is InChI=1S/C33H54O5/c1-20(2)38-18-21(3)22-10-15-33(28(36)37)17-16-31(6)23(27(22)33)8-9-25-29(4)13-12-26(35)30(5,19-34)24(29)11-14-32(25,31)7/h20,22-27,34-35H,3,8-19H2,1-2,4-7H3,(H,36,37)/t22-,23?,24+,25+,26-,27+,29-,30-,31+,32+,33-/m0/s1. The second kappa shape index (κ2) is 9.31. The van der Waals surface area contributed by atoms with Gasteiger partial charge in [0.05, 0.1) is 30.8 Å². The molecule has 3 N–H and O–H groups in total. The van der Waals surface area contributed by atoms with Crippen LogP contribution in [0.25, 0.3) is 0 Å². The third-order valence-electron chi connectivity index (χ3n) is 14.1. The first kappa shape index (κ1) is 28.6. The first-order valence-corrected chi connectivity index (χ1v) is 15.5. The molecule has 0 heterocycles. The molecule has 0 bridgehead atoms. The molecule has 5 aliphatic rings. The fraction of sp³-hybridized carbons (Fsp3) is 0.909. The van der Waals surface area contributed by atoms with Gasteiger partial charge in [-0.15, -0.1) is 0 Å². The molecule has 0 spiro atoms. The molecular formula is C33H54O5. The van der Waals surface area contributed by atoms with E-state index in [2.05, 4.69) is 34.3 Å². The van der Waals surface area contributed by atoms with Gasteiger partial charge < -0.3 is 20.1 Å². The summed E-state index contributed by atoms with van der Waals surface area (Å²) in [7, 11) is 0. The number of carboxylic acid groups (broad SMARTS) is 1. The van der Waals surface area contributed by atoms with Crippen LogP contribution in [0.1, 0.15) is 106 Å². The summed E-state index contributed by atoms with van der Waals surface area (Å²) >= 11 is 0. The number of carboxylic acids is 1. The largest absolute Gasteiger partial charge is 0.481 e. The van der Waals surface area contributed by atoms with Crippen molar-refractivity contribution in [2.75, 3.05) is 13.2 Å². The highest BCUT2D eigenvalue weighted by Gasteiger charge is 2.72. The molecule has 5 rings (SSSR count). The number of fused-ring (bicyclic) bond motifs is 7. The van der Waals surface area contributed by atoms with Gasteiger partial charge in [-0.2, -0.15) is 0 Å². The van der Waals surface area contributed by atoms with E-state index in [1.807, 2.05) is 13.8 Å². The number of carbonyl (C=O) groups is 1. The van der Waals surface area contributed by atoms with Gasteiger partial charge in [0.2, 0.25) is 0 Å². The Labute approximate surface area is 230 Å². The molecule has 216 valence electrons. The van der Waals surface area contributed by atoms with E-state index in [9.17, 15) is 20.1 Å². The maximum absolute atomic E-state index is 13.0. The summed E-state index contributed by atoms with van der Waals surface area (Å²) in [5, 5.41) is 32.2. The van der Waals surface area contributed by atoms with Crippen molar-refractivity contribution in [2.24, 2.45) is 56.7 Å². The van der Waals surface area contributed by atoms with Crippen molar-refractivity contribution in [3.63, 3.8) is 0 Å². The first-order valence-electron chi connectivity index (χ1n) is 15.5. The van der Waals surface area contributed by atoms with E-state index < -0.39 is 22.9 Å². The normalized spacial score (nSPS) is 52.0. The predicted molar refractivity (Wildman–Crippen MR) is 149 cm³/mol. The van der Waals surface area contributed by atoms with Gasteiger partial charge in [-0.3, -0.25) is 4.79 Å². The van der Waals surface area contributed by atoms with Gasteiger partial charge in [-0.25, -0.2) is 0 Å². The maximum Gasteiger partial charge on any atom is 0.309 e. The zero-order valence-corrected chi connectivity index (χ0v) is 24.9. The molecule has 1 unspecified atom stereocenters. The quantitative estimate of drug-likeness (QED) is 0.343. The molecule has 0 saturated heterocycles. The molecule has 5 nitrogen and oxygen atoms in total. The van der Waals surface area contributed by atoms with Gasteiger partial charge in [0.15, 0.2) is 0 Å². The average Bonchev–Trinajstić information content (AvgIpc) is 3.26. The van der Waals surface area contributed by atoms with Crippen LogP contribution < -0.4 is 0 Å². The highest BCUT2D eigenvalue weighted by Crippen LogP contribution is 2.77. The first-order chi connectivity index (χ1) is 17.7. The highest BCUT2D eigenvalue weighted by atomic mass is 16.5. The van der Waals surface area contributed by atoms with Crippen LogP contribution in [0.4, 0.5) is 0 Å². The van der Waals surface area contributed by atoms with Gasteiger partial charge in [-0.05, 0) is 129 Å². The summed E-state index contributed by atoms with van der Waals surface area (Å²) in [6.07, 6.45) is 9.23. The molecule has 11 atom stereocenters. The Bertz CT molecular complexity index is 961. The van der Waals surface area contributed by atoms with Crippen molar-refractivity contribution >= 4 is 5.97 Å². The number of aliphatic carboxylic acids is 1. The summed E-state index contributed by atoms with van der Waals surface area (Å²) < 4.78 is 5.98. The van der Waals surface area contributed by atoms with Gasteiger partial charge >= 0.3 is 5.97 Å². The second-order valence-corrected chi connectivity index (χ2v) is 15.5. The molecule has 0 radical (unpaired) electrons. The van der Waals surface area contributed by atoms with E-state index >= 15 is 0 Å². The van der Waals surface area contributed by atoms with Gasteiger partial charge in [0, 0.05) is 5.41 Å². The smallest absolute Gasteiger partial charge is 0.309 e. The fourth-order valence-corrected chi connectivity index (χ4v) is 11.8. The Morgan fingerprint density at radius 3 is 2.26 bits per heavy atom. The Hall–Kier alpha value is -0.910. The van der Waals surface area contributed by atoms with Crippen molar-refractivity contribution < 1.29 is 24.9 Å². The van der Waals surface area contributed by atoms with E-state index in [1.165, 1.54) is 0 Å². The zero-order chi connectivity index (χ0) is 27.9. The summed E-state index contributed by atoms with van der Waals surface area (Å²) in [4.78, 5) is 13.0. The minimum atomic E-state index is -0.635. The van der Waals surface area contributed by atoms with Gasteiger partial charge in [-0.1, -0.05) is 34.3 Å². The topological polar surface area (TPSA) is 87.0 Å². The third kappa shape index (κ3) is 3.62. The summed E-state index contributed by atoms with van der Waals surface area (Å²) in [5.74, 6) is 0.960. The molecule has 0 aromatic rings. The number of hydrogen-bond donors (Lipinski definition) is 3. The maximum atomic E-state index is 13.0.